The minimum atomic E-state index is -0.351. The average molecular weight is 228 g/mol. The zero-order valence-corrected chi connectivity index (χ0v) is 9.73. The van der Waals surface area contributed by atoms with E-state index >= 15 is 0 Å². The molecule has 1 saturated carbocycles. The Morgan fingerprint density at radius 1 is 1.59 bits per heavy atom. The molecule has 0 spiro atoms. The molecular formula is C13H12N2O2. The zero-order valence-electron chi connectivity index (χ0n) is 9.73. The average Bonchev–Trinajstić information content (AvgIpc) is 2.93. The first-order chi connectivity index (χ1) is 8.05. The number of oxazole rings is 1. The highest BCUT2D eigenvalue weighted by molar-refractivity contribution is 5.74. The zero-order chi connectivity index (χ0) is 12.2. The molecule has 4 nitrogen and oxygen atoms in total. The maximum absolute atomic E-state index is 11.4. The second-order valence-electron chi connectivity index (χ2n) is 4.94. The predicted molar refractivity (Wildman–Crippen MR) is 62.5 cm³/mol. The van der Waals surface area contributed by atoms with Crippen molar-refractivity contribution in [3.8, 4) is 6.07 Å². The number of fused-ring (bicyclic) bond motifs is 1. The smallest absolute Gasteiger partial charge is 0.408 e. The molecular weight excluding hydrogens is 216 g/mol. The minimum Gasteiger partial charge on any atom is -0.408 e. The highest BCUT2D eigenvalue weighted by Crippen LogP contribution is 2.58. The Kier molecular flexibility index (Phi) is 1.80. The second-order valence-corrected chi connectivity index (χ2v) is 4.94. The van der Waals surface area contributed by atoms with Gasteiger partial charge in [-0.25, -0.2) is 4.79 Å². The summed E-state index contributed by atoms with van der Waals surface area (Å²) in [7, 11) is 1.68. The molecule has 1 heterocycles. The number of aryl methyl sites for hydroxylation is 1. The van der Waals surface area contributed by atoms with Crippen LogP contribution in [0.4, 0.5) is 0 Å². The van der Waals surface area contributed by atoms with Gasteiger partial charge in [-0.1, -0.05) is 6.07 Å². The number of rotatable bonds is 1. The molecule has 0 N–H and O–H groups in total. The first-order valence-corrected chi connectivity index (χ1v) is 5.56. The molecule has 1 aliphatic carbocycles. The SMILES string of the molecule is Cn1c(=O)oc2cc(C3CC3(C)C#N)ccc21. The lowest BCUT2D eigenvalue weighted by molar-refractivity contribution is 0.527. The van der Waals surface area contributed by atoms with Gasteiger partial charge in [0.05, 0.1) is 17.0 Å². The van der Waals surface area contributed by atoms with Gasteiger partial charge < -0.3 is 4.42 Å². The Morgan fingerprint density at radius 2 is 2.35 bits per heavy atom. The molecule has 1 aromatic carbocycles. The number of aromatic nitrogens is 1. The van der Waals surface area contributed by atoms with Gasteiger partial charge in [-0.2, -0.15) is 5.26 Å². The summed E-state index contributed by atoms with van der Waals surface area (Å²) >= 11 is 0. The van der Waals surface area contributed by atoms with Crippen molar-refractivity contribution in [1.29, 1.82) is 5.26 Å². The Hall–Kier alpha value is -2.02. The monoisotopic (exact) mass is 228 g/mol. The Balaban J connectivity index is 2.11. The van der Waals surface area contributed by atoms with Gasteiger partial charge in [0, 0.05) is 13.0 Å². The van der Waals surface area contributed by atoms with Crippen LogP contribution in [-0.2, 0) is 7.05 Å². The lowest BCUT2D eigenvalue weighted by Gasteiger charge is -2.01. The van der Waals surface area contributed by atoms with E-state index in [9.17, 15) is 4.79 Å². The third kappa shape index (κ3) is 1.32. The topological polar surface area (TPSA) is 58.9 Å². The third-order valence-corrected chi connectivity index (χ3v) is 3.71. The molecule has 0 amide bonds. The molecule has 2 unspecified atom stereocenters. The number of hydrogen-bond donors (Lipinski definition) is 0. The van der Waals surface area contributed by atoms with Crippen LogP contribution in [0.15, 0.2) is 27.4 Å². The van der Waals surface area contributed by atoms with Crippen LogP contribution in [0.3, 0.4) is 0 Å². The van der Waals surface area contributed by atoms with Crippen LogP contribution in [0.25, 0.3) is 11.1 Å². The van der Waals surface area contributed by atoms with Crippen molar-refractivity contribution in [1.82, 2.24) is 4.57 Å². The van der Waals surface area contributed by atoms with Gasteiger partial charge in [0.15, 0.2) is 5.58 Å². The van der Waals surface area contributed by atoms with Gasteiger partial charge in [-0.15, -0.1) is 0 Å². The fourth-order valence-corrected chi connectivity index (χ4v) is 2.34. The third-order valence-electron chi connectivity index (χ3n) is 3.71. The van der Waals surface area contributed by atoms with Gasteiger partial charge in [-0.05, 0) is 31.0 Å². The summed E-state index contributed by atoms with van der Waals surface area (Å²) in [6.07, 6.45) is 0.881. The summed E-state index contributed by atoms with van der Waals surface area (Å²) in [5, 5.41) is 9.03. The van der Waals surface area contributed by atoms with E-state index in [1.165, 1.54) is 4.57 Å². The first kappa shape index (κ1) is 10.2. The number of benzene rings is 1. The summed E-state index contributed by atoms with van der Waals surface area (Å²) in [4.78, 5) is 11.4. The molecule has 86 valence electrons. The maximum atomic E-state index is 11.4. The summed E-state index contributed by atoms with van der Waals surface area (Å²) in [5.74, 6) is -0.0848. The molecule has 1 aromatic heterocycles. The summed E-state index contributed by atoms with van der Waals surface area (Å²) in [6.45, 7) is 1.96. The van der Waals surface area contributed by atoms with E-state index in [0.717, 1.165) is 17.5 Å². The van der Waals surface area contributed by atoms with Gasteiger partial charge in [-0.3, -0.25) is 4.57 Å². The molecule has 2 atom stereocenters. The normalized spacial score (nSPS) is 27.0. The van der Waals surface area contributed by atoms with Crippen molar-refractivity contribution in [2.45, 2.75) is 19.3 Å². The van der Waals surface area contributed by atoms with Crippen LogP contribution >= 0.6 is 0 Å². The van der Waals surface area contributed by atoms with Crippen molar-refractivity contribution >= 4 is 11.1 Å². The summed E-state index contributed by atoms with van der Waals surface area (Å²) < 4.78 is 6.63. The molecule has 0 aliphatic heterocycles. The number of nitrogens with zero attached hydrogens (tertiary/aromatic N) is 2. The number of nitriles is 1. The molecule has 3 rings (SSSR count). The van der Waals surface area contributed by atoms with E-state index in [4.69, 9.17) is 9.68 Å². The predicted octanol–water partition coefficient (Wildman–Crippen LogP) is 2.15. The van der Waals surface area contributed by atoms with Gasteiger partial charge >= 0.3 is 5.76 Å². The van der Waals surface area contributed by atoms with E-state index in [1.807, 2.05) is 25.1 Å². The van der Waals surface area contributed by atoms with E-state index in [-0.39, 0.29) is 17.1 Å². The largest absolute Gasteiger partial charge is 0.419 e. The first-order valence-electron chi connectivity index (χ1n) is 5.56. The van der Waals surface area contributed by atoms with Crippen molar-refractivity contribution in [3.05, 3.63) is 34.3 Å². The summed E-state index contributed by atoms with van der Waals surface area (Å²) in [6, 6.07) is 8.07. The summed E-state index contributed by atoms with van der Waals surface area (Å²) in [5.41, 5.74) is 2.22. The molecule has 4 heteroatoms. The van der Waals surface area contributed by atoms with E-state index < -0.39 is 0 Å². The molecule has 0 radical (unpaired) electrons. The molecule has 1 aliphatic rings. The lowest BCUT2D eigenvalue weighted by atomic mass is 10.0. The van der Waals surface area contributed by atoms with Gasteiger partial charge in [0.25, 0.3) is 0 Å². The highest BCUT2D eigenvalue weighted by Gasteiger charge is 2.51. The lowest BCUT2D eigenvalue weighted by Crippen LogP contribution is -2.08. The number of hydrogen-bond acceptors (Lipinski definition) is 3. The van der Waals surface area contributed by atoms with Crippen molar-refractivity contribution in [3.63, 3.8) is 0 Å². The Labute approximate surface area is 98.1 Å². The van der Waals surface area contributed by atoms with Crippen LogP contribution in [0.1, 0.15) is 24.8 Å². The molecule has 1 fully saturated rings. The standard InChI is InChI=1S/C13H12N2O2/c1-13(7-14)6-9(13)8-3-4-10-11(5-8)17-12(16)15(10)2/h3-5,9H,6H2,1-2H3. The molecule has 0 bridgehead atoms. The second kappa shape index (κ2) is 3.01. The van der Waals surface area contributed by atoms with Crippen molar-refractivity contribution in [2.75, 3.05) is 0 Å². The van der Waals surface area contributed by atoms with Crippen LogP contribution in [-0.4, -0.2) is 4.57 Å². The van der Waals surface area contributed by atoms with Crippen LogP contribution in [0, 0.1) is 16.7 Å². The maximum Gasteiger partial charge on any atom is 0.419 e. The van der Waals surface area contributed by atoms with Crippen molar-refractivity contribution in [2.24, 2.45) is 12.5 Å². The van der Waals surface area contributed by atoms with Gasteiger partial charge in [0.2, 0.25) is 0 Å². The fraction of sp³-hybridized carbons (Fsp3) is 0.385. The van der Waals surface area contributed by atoms with E-state index in [0.29, 0.717) is 5.58 Å². The molecule has 0 saturated heterocycles. The van der Waals surface area contributed by atoms with Crippen LogP contribution in [0.5, 0.6) is 0 Å². The van der Waals surface area contributed by atoms with Gasteiger partial charge in [0.1, 0.15) is 0 Å². The van der Waals surface area contributed by atoms with Crippen molar-refractivity contribution < 1.29 is 4.42 Å². The fourth-order valence-electron chi connectivity index (χ4n) is 2.34. The molecule has 17 heavy (non-hydrogen) atoms. The van der Waals surface area contributed by atoms with Crippen LogP contribution in [0.2, 0.25) is 0 Å². The van der Waals surface area contributed by atoms with E-state index in [2.05, 4.69) is 6.07 Å². The molecule has 2 aromatic rings. The van der Waals surface area contributed by atoms with E-state index in [1.54, 1.807) is 7.05 Å². The Bertz CT molecular complexity index is 704. The Morgan fingerprint density at radius 3 is 3.00 bits per heavy atom. The van der Waals surface area contributed by atoms with Crippen LogP contribution < -0.4 is 5.76 Å². The quantitative estimate of drug-likeness (QED) is 0.751. The minimum absolute atomic E-state index is 0.247. The highest BCUT2D eigenvalue weighted by atomic mass is 16.4.